The van der Waals surface area contributed by atoms with Gasteiger partial charge in [-0.15, -0.1) is 0 Å². The molecule has 3 aliphatic rings. The summed E-state index contributed by atoms with van der Waals surface area (Å²) in [5.74, 6) is 0.0385. The standard InChI is InChI=1S/C16H26N2O3/c1-2-13-15(20)18(10-6-14(19)17-13)11-12-5-9-16(21-12)7-3-4-8-16/h12-13H,2-11H2,1H3,(H,17,19). The van der Waals surface area contributed by atoms with Gasteiger partial charge in [0.2, 0.25) is 11.8 Å². The van der Waals surface area contributed by atoms with Gasteiger partial charge in [-0.05, 0) is 32.1 Å². The Morgan fingerprint density at radius 2 is 2.05 bits per heavy atom. The van der Waals surface area contributed by atoms with Crippen LogP contribution in [0.25, 0.3) is 0 Å². The topological polar surface area (TPSA) is 58.6 Å². The summed E-state index contributed by atoms with van der Waals surface area (Å²) in [6.45, 7) is 3.10. The van der Waals surface area contributed by atoms with Crippen LogP contribution in [-0.2, 0) is 14.3 Å². The molecular formula is C16H26N2O3. The number of amides is 2. The average molecular weight is 294 g/mol. The van der Waals surface area contributed by atoms with Gasteiger partial charge in [0.25, 0.3) is 0 Å². The summed E-state index contributed by atoms with van der Waals surface area (Å²) in [6, 6.07) is -0.359. The zero-order valence-corrected chi connectivity index (χ0v) is 12.9. The Bertz CT molecular complexity index is 418. The minimum absolute atomic E-state index is 0.0164. The highest BCUT2D eigenvalue weighted by Crippen LogP contribution is 2.43. The van der Waals surface area contributed by atoms with Gasteiger partial charge in [-0.25, -0.2) is 0 Å². The van der Waals surface area contributed by atoms with Gasteiger partial charge < -0.3 is 15.0 Å². The summed E-state index contributed by atoms with van der Waals surface area (Å²) in [6.07, 6.45) is 8.27. The third-order valence-corrected chi connectivity index (χ3v) is 5.24. The van der Waals surface area contributed by atoms with E-state index in [9.17, 15) is 9.59 Å². The normalized spacial score (nSPS) is 32.5. The second-order valence-corrected chi connectivity index (χ2v) is 6.73. The molecule has 2 saturated heterocycles. The fourth-order valence-electron chi connectivity index (χ4n) is 4.01. The fraction of sp³-hybridized carbons (Fsp3) is 0.875. The second kappa shape index (κ2) is 5.95. The van der Waals surface area contributed by atoms with Crippen LogP contribution < -0.4 is 5.32 Å². The van der Waals surface area contributed by atoms with Crippen LogP contribution in [0, 0.1) is 0 Å². The molecule has 0 bridgehead atoms. The van der Waals surface area contributed by atoms with Gasteiger partial charge in [-0.2, -0.15) is 0 Å². The molecule has 0 aromatic heterocycles. The number of nitrogens with zero attached hydrogens (tertiary/aromatic N) is 1. The molecule has 2 heterocycles. The highest BCUT2D eigenvalue weighted by atomic mass is 16.5. The molecular weight excluding hydrogens is 268 g/mol. The van der Waals surface area contributed by atoms with Crippen LogP contribution in [0.5, 0.6) is 0 Å². The van der Waals surface area contributed by atoms with Crippen molar-refractivity contribution in [1.29, 1.82) is 0 Å². The molecule has 118 valence electrons. The molecule has 2 amide bonds. The van der Waals surface area contributed by atoms with Crippen molar-refractivity contribution in [2.24, 2.45) is 0 Å². The van der Waals surface area contributed by atoms with E-state index >= 15 is 0 Å². The van der Waals surface area contributed by atoms with Crippen LogP contribution in [0.3, 0.4) is 0 Å². The molecule has 1 aliphatic carbocycles. The lowest BCUT2D eigenvalue weighted by Gasteiger charge is -2.28. The number of hydrogen-bond acceptors (Lipinski definition) is 3. The molecule has 0 aromatic rings. The van der Waals surface area contributed by atoms with Gasteiger partial charge >= 0.3 is 0 Å². The molecule has 0 aromatic carbocycles. The van der Waals surface area contributed by atoms with E-state index in [1.807, 2.05) is 11.8 Å². The van der Waals surface area contributed by atoms with Crippen molar-refractivity contribution in [3.63, 3.8) is 0 Å². The first kappa shape index (κ1) is 14.8. The smallest absolute Gasteiger partial charge is 0.245 e. The molecule has 1 N–H and O–H groups in total. The molecule has 1 spiro atoms. The quantitative estimate of drug-likeness (QED) is 0.860. The van der Waals surface area contributed by atoms with E-state index in [4.69, 9.17) is 4.74 Å². The summed E-state index contributed by atoms with van der Waals surface area (Å²) in [4.78, 5) is 26.0. The lowest BCUT2D eigenvalue weighted by Crippen LogP contribution is -2.46. The van der Waals surface area contributed by atoms with Gasteiger partial charge in [0.15, 0.2) is 0 Å². The maximum Gasteiger partial charge on any atom is 0.245 e. The molecule has 0 radical (unpaired) electrons. The van der Waals surface area contributed by atoms with Gasteiger partial charge in [-0.3, -0.25) is 9.59 Å². The van der Waals surface area contributed by atoms with Crippen LogP contribution in [0.1, 0.15) is 58.3 Å². The number of carbonyl (C=O) groups excluding carboxylic acids is 2. The Labute approximate surface area is 126 Å². The minimum atomic E-state index is -0.359. The summed E-state index contributed by atoms with van der Waals surface area (Å²) < 4.78 is 6.30. The van der Waals surface area contributed by atoms with Crippen LogP contribution in [0.4, 0.5) is 0 Å². The first-order valence-electron chi connectivity index (χ1n) is 8.38. The van der Waals surface area contributed by atoms with Crippen molar-refractivity contribution in [3.05, 3.63) is 0 Å². The lowest BCUT2D eigenvalue weighted by molar-refractivity contribution is -0.136. The third-order valence-electron chi connectivity index (χ3n) is 5.24. The molecule has 1 saturated carbocycles. The van der Waals surface area contributed by atoms with Gasteiger partial charge in [0, 0.05) is 19.5 Å². The summed E-state index contributed by atoms with van der Waals surface area (Å²) in [5, 5.41) is 2.81. The Hall–Kier alpha value is -1.10. The number of ether oxygens (including phenoxy) is 1. The molecule has 5 nitrogen and oxygen atoms in total. The molecule has 3 rings (SSSR count). The van der Waals surface area contributed by atoms with E-state index in [0.717, 1.165) is 12.8 Å². The molecule has 2 atom stereocenters. The maximum absolute atomic E-state index is 12.5. The zero-order chi connectivity index (χ0) is 14.9. The Balaban J connectivity index is 1.61. The van der Waals surface area contributed by atoms with Gasteiger partial charge in [0.1, 0.15) is 6.04 Å². The van der Waals surface area contributed by atoms with Crippen LogP contribution in [0.15, 0.2) is 0 Å². The Morgan fingerprint density at radius 3 is 2.76 bits per heavy atom. The third kappa shape index (κ3) is 3.07. The summed E-state index contributed by atoms with van der Waals surface area (Å²) >= 11 is 0. The Kier molecular flexibility index (Phi) is 4.20. The van der Waals surface area contributed by atoms with E-state index in [1.165, 1.54) is 25.7 Å². The van der Waals surface area contributed by atoms with Crippen molar-refractivity contribution >= 4 is 11.8 Å². The zero-order valence-electron chi connectivity index (χ0n) is 12.9. The highest BCUT2D eigenvalue weighted by molar-refractivity contribution is 5.89. The van der Waals surface area contributed by atoms with Crippen LogP contribution in [-0.4, -0.2) is 47.6 Å². The molecule has 3 fully saturated rings. The largest absolute Gasteiger partial charge is 0.370 e. The highest BCUT2D eigenvalue weighted by Gasteiger charge is 2.43. The monoisotopic (exact) mass is 294 g/mol. The predicted octanol–water partition coefficient (Wildman–Crippen LogP) is 1.61. The van der Waals surface area contributed by atoms with E-state index in [0.29, 0.717) is 25.9 Å². The van der Waals surface area contributed by atoms with Gasteiger partial charge in [-0.1, -0.05) is 19.8 Å². The SMILES string of the molecule is CCC1NC(=O)CCN(CC2CCC3(CCCC3)O2)C1=O. The van der Waals surface area contributed by atoms with E-state index in [-0.39, 0.29) is 29.6 Å². The van der Waals surface area contributed by atoms with E-state index in [1.54, 1.807) is 0 Å². The number of hydrogen-bond donors (Lipinski definition) is 1. The van der Waals surface area contributed by atoms with Crippen molar-refractivity contribution in [1.82, 2.24) is 10.2 Å². The summed E-state index contributed by atoms with van der Waals surface area (Å²) in [7, 11) is 0. The average Bonchev–Trinajstić information content (AvgIpc) is 3.07. The van der Waals surface area contributed by atoms with Crippen molar-refractivity contribution in [3.8, 4) is 0 Å². The number of nitrogens with one attached hydrogen (secondary N) is 1. The van der Waals surface area contributed by atoms with Crippen molar-refractivity contribution in [2.75, 3.05) is 13.1 Å². The van der Waals surface area contributed by atoms with Crippen LogP contribution >= 0.6 is 0 Å². The van der Waals surface area contributed by atoms with Crippen molar-refractivity contribution in [2.45, 2.75) is 76.0 Å². The molecule has 2 unspecified atom stereocenters. The van der Waals surface area contributed by atoms with Crippen LogP contribution in [0.2, 0.25) is 0 Å². The molecule has 2 aliphatic heterocycles. The van der Waals surface area contributed by atoms with Gasteiger partial charge in [0.05, 0.1) is 11.7 Å². The second-order valence-electron chi connectivity index (χ2n) is 6.73. The first-order valence-corrected chi connectivity index (χ1v) is 8.38. The number of rotatable bonds is 3. The minimum Gasteiger partial charge on any atom is -0.370 e. The van der Waals surface area contributed by atoms with E-state index in [2.05, 4.69) is 5.32 Å². The maximum atomic E-state index is 12.5. The Morgan fingerprint density at radius 1 is 1.29 bits per heavy atom. The van der Waals surface area contributed by atoms with E-state index < -0.39 is 0 Å². The molecule has 21 heavy (non-hydrogen) atoms. The lowest BCUT2D eigenvalue weighted by atomic mass is 9.98. The number of carbonyl (C=O) groups is 2. The predicted molar refractivity (Wildman–Crippen MR) is 78.7 cm³/mol. The molecule has 5 heteroatoms. The van der Waals surface area contributed by atoms with Crippen molar-refractivity contribution < 1.29 is 14.3 Å². The summed E-state index contributed by atoms with van der Waals surface area (Å²) in [5.41, 5.74) is 0.109. The first-order chi connectivity index (χ1) is 10.1. The fourth-order valence-corrected chi connectivity index (χ4v) is 4.01.